The predicted octanol–water partition coefficient (Wildman–Crippen LogP) is 2.48. The van der Waals surface area contributed by atoms with Gasteiger partial charge in [0.1, 0.15) is 5.76 Å². The summed E-state index contributed by atoms with van der Waals surface area (Å²) in [6.07, 6.45) is 6.55. The minimum atomic E-state index is 0.404. The van der Waals surface area contributed by atoms with Crippen molar-refractivity contribution < 1.29 is 4.42 Å². The maximum absolute atomic E-state index is 5.18. The van der Waals surface area contributed by atoms with E-state index >= 15 is 0 Å². The smallest absolute Gasteiger partial charge is 0.216 e. The van der Waals surface area contributed by atoms with Crippen LogP contribution in [0, 0.1) is 4.77 Å². The van der Waals surface area contributed by atoms with Crippen LogP contribution in [0.4, 0.5) is 0 Å². The van der Waals surface area contributed by atoms with Crippen molar-refractivity contribution in [1.82, 2.24) is 19.9 Å². The lowest BCUT2D eigenvalue weighted by Gasteiger charge is -1.99. The number of furan rings is 1. The Labute approximate surface area is 113 Å². The molecule has 0 amide bonds. The highest BCUT2D eigenvalue weighted by molar-refractivity contribution is 7.71. The molecule has 3 aromatic heterocycles. The molecule has 3 heterocycles. The molecule has 0 unspecified atom stereocenters. The number of rotatable bonds is 3. The Morgan fingerprint density at radius 1 is 1.37 bits per heavy atom. The number of nitrogens with zero attached hydrogens (tertiary/aromatic N) is 4. The molecule has 0 radical (unpaired) electrons. The molecule has 0 saturated carbocycles. The fourth-order valence-corrected chi connectivity index (χ4v) is 1.74. The first kappa shape index (κ1) is 11.5. The second-order valence-electron chi connectivity index (χ2n) is 3.67. The third-order valence-corrected chi connectivity index (χ3v) is 2.68. The van der Waals surface area contributed by atoms with Gasteiger partial charge in [-0.2, -0.15) is 14.9 Å². The van der Waals surface area contributed by atoms with Gasteiger partial charge >= 0.3 is 0 Å². The summed E-state index contributed by atoms with van der Waals surface area (Å²) in [6, 6.07) is 7.31. The molecule has 0 spiro atoms. The average molecular weight is 271 g/mol. The van der Waals surface area contributed by atoms with Gasteiger partial charge in [0, 0.05) is 18.0 Å². The second-order valence-corrected chi connectivity index (χ2v) is 4.05. The van der Waals surface area contributed by atoms with Gasteiger partial charge < -0.3 is 4.42 Å². The van der Waals surface area contributed by atoms with Crippen LogP contribution in [0.1, 0.15) is 5.76 Å². The third kappa shape index (κ3) is 2.36. The number of aromatic amines is 1. The van der Waals surface area contributed by atoms with Crippen molar-refractivity contribution in [3.63, 3.8) is 0 Å². The Bertz CT molecular complexity index is 742. The molecule has 7 heteroatoms. The van der Waals surface area contributed by atoms with Gasteiger partial charge in [-0.3, -0.25) is 4.98 Å². The van der Waals surface area contributed by atoms with E-state index in [-0.39, 0.29) is 0 Å². The quantitative estimate of drug-likeness (QED) is 0.586. The summed E-state index contributed by atoms with van der Waals surface area (Å²) in [5.74, 6) is 1.24. The first-order valence-electron chi connectivity index (χ1n) is 5.50. The van der Waals surface area contributed by atoms with Crippen molar-refractivity contribution >= 4 is 18.4 Å². The highest BCUT2D eigenvalue weighted by Gasteiger charge is 2.07. The van der Waals surface area contributed by atoms with Gasteiger partial charge in [-0.05, 0) is 36.5 Å². The molecule has 0 aromatic carbocycles. The number of nitrogens with one attached hydrogen (secondary N) is 1. The van der Waals surface area contributed by atoms with E-state index in [9.17, 15) is 0 Å². The number of aromatic nitrogens is 4. The lowest BCUT2D eigenvalue weighted by atomic mass is 10.3. The Morgan fingerprint density at radius 2 is 2.32 bits per heavy atom. The molecule has 0 atom stereocenters. The van der Waals surface area contributed by atoms with Gasteiger partial charge in [0.25, 0.3) is 0 Å². The highest BCUT2D eigenvalue weighted by Crippen LogP contribution is 2.15. The monoisotopic (exact) mass is 271 g/mol. The molecule has 0 fully saturated rings. The van der Waals surface area contributed by atoms with Crippen molar-refractivity contribution in [2.24, 2.45) is 5.10 Å². The summed E-state index contributed by atoms with van der Waals surface area (Å²) in [4.78, 5) is 4.05. The number of pyridine rings is 1. The molecular weight excluding hydrogens is 262 g/mol. The second kappa shape index (κ2) is 4.99. The molecule has 3 rings (SSSR count). The van der Waals surface area contributed by atoms with Crippen molar-refractivity contribution in [1.29, 1.82) is 0 Å². The Morgan fingerprint density at radius 3 is 3.05 bits per heavy atom. The zero-order valence-corrected chi connectivity index (χ0v) is 10.5. The van der Waals surface area contributed by atoms with E-state index in [4.69, 9.17) is 16.6 Å². The molecule has 1 N–H and O–H groups in total. The molecule has 0 aliphatic heterocycles. The number of H-pyrrole nitrogens is 1. The molecule has 3 aromatic rings. The van der Waals surface area contributed by atoms with Crippen LogP contribution in [-0.2, 0) is 0 Å². The van der Waals surface area contributed by atoms with Crippen molar-refractivity contribution in [2.45, 2.75) is 0 Å². The van der Waals surface area contributed by atoms with Crippen LogP contribution in [0.3, 0.4) is 0 Å². The van der Waals surface area contributed by atoms with Crippen LogP contribution >= 0.6 is 12.2 Å². The van der Waals surface area contributed by atoms with Gasteiger partial charge in [-0.1, -0.05) is 0 Å². The largest absolute Gasteiger partial charge is 0.463 e. The predicted molar refractivity (Wildman–Crippen MR) is 72.3 cm³/mol. The molecule has 0 bridgehead atoms. The van der Waals surface area contributed by atoms with Crippen LogP contribution in [0.15, 0.2) is 52.4 Å². The van der Waals surface area contributed by atoms with E-state index < -0.39 is 0 Å². The normalized spacial score (nSPS) is 11.2. The average Bonchev–Trinajstić information content (AvgIpc) is 3.07. The third-order valence-electron chi connectivity index (χ3n) is 2.41. The number of hydrogen-bond donors (Lipinski definition) is 1. The summed E-state index contributed by atoms with van der Waals surface area (Å²) in [5.41, 5.74) is 0.825. The van der Waals surface area contributed by atoms with E-state index in [1.54, 1.807) is 37.0 Å². The van der Waals surface area contributed by atoms with Crippen LogP contribution in [0.2, 0.25) is 0 Å². The SMILES string of the molecule is S=c1[nH]nc(-c2cccnc2)n1/N=C\c1ccco1. The zero-order chi connectivity index (χ0) is 13.1. The fraction of sp³-hybridized carbons (Fsp3) is 0. The van der Waals surface area contributed by atoms with E-state index in [2.05, 4.69) is 20.3 Å². The lowest BCUT2D eigenvalue weighted by molar-refractivity contribution is 0.559. The highest BCUT2D eigenvalue weighted by atomic mass is 32.1. The van der Waals surface area contributed by atoms with Crippen molar-refractivity contribution in [2.75, 3.05) is 0 Å². The van der Waals surface area contributed by atoms with Crippen molar-refractivity contribution in [3.05, 3.63) is 53.5 Å². The topological polar surface area (TPSA) is 72.0 Å². The minimum absolute atomic E-state index is 0.404. The van der Waals surface area contributed by atoms with Gasteiger partial charge in [0.05, 0.1) is 12.5 Å². The zero-order valence-electron chi connectivity index (χ0n) is 9.72. The molecule has 94 valence electrons. The van der Waals surface area contributed by atoms with Gasteiger partial charge in [0.15, 0.2) is 5.82 Å². The summed E-state index contributed by atoms with van der Waals surface area (Å²) < 4.78 is 7.10. The molecule has 0 aliphatic rings. The molecule has 6 nitrogen and oxygen atoms in total. The summed E-state index contributed by atoms with van der Waals surface area (Å²) in [6.45, 7) is 0. The van der Waals surface area contributed by atoms with E-state index in [1.807, 2.05) is 12.1 Å². The first-order valence-corrected chi connectivity index (χ1v) is 5.91. The van der Waals surface area contributed by atoms with E-state index in [0.717, 1.165) is 5.56 Å². The standard InChI is InChI=1S/C12H9N5OS/c19-12-16-15-11(9-3-1-5-13-7-9)17(12)14-8-10-4-2-6-18-10/h1-8H,(H,16,19)/b14-8-. The maximum Gasteiger partial charge on any atom is 0.216 e. The van der Waals surface area contributed by atoms with Gasteiger partial charge in [0.2, 0.25) is 4.77 Å². The van der Waals surface area contributed by atoms with Crippen LogP contribution in [0.25, 0.3) is 11.4 Å². The van der Waals surface area contributed by atoms with Crippen LogP contribution in [0.5, 0.6) is 0 Å². The van der Waals surface area contributed by atoms with Crippen molar-refractivity contribution in [3.8, 4) is 11.4 Å². The van der Waals surface area contributed by atoms with E-state index in [1.165, 1.54) is 4.68 Å². The minimum Gasteiger partial charge on any atom is -0.463 e. The molecule has 0 saturated heterocycles. The van der Waals surface area contributed by atoms with E-state index in [0.29, 0.717) is 16.4 Å². The summed E-state index contributed by atoms with van der Waals surface area (Å²) in [5, 5.41) is 11.1. The maximum atomic E-state index is 5.18. The summed E-state index contributed by atoms with van der Waals surface area (Å²) >= 11 is 5.15. The lowest BCUT2D eigenvalue weighted by Crippen LogP contribution is -1.94. The Balaban J connectivity index is 2.02. The fourth-order valence-electron chi connectivity index (χ4n) is 1.56. The number of hydrogen-bond acceptors (Lipinski definition) is 5. The summed E-state index contributed by atoms with van der Waals surface area (Å²) in [7, 11) is 0. The first-order chi connectivity index (χ1) is 9.34. The van der Waals surface area contributed by atoms with Gasteiger partial charge in [-0.15, -0.1) is 0 Å². The van der Waals surface area contributed by atoms with Crippen LogP contribution < -0.4 is 0 Å². The van der Waals surface area contributed by atoms with Crippen LogP contribution in [-0.4, -0.2) is 26.1 Å². The Hall–Kier alpha value is -2.54. The van der Waals surface area contributed by atoms with Gasteiger partial charge in [-0.25, -0.2) is 5.10 Å². The molecular formula is C12H9N5OS. The Kier molecular flexibility index (Phi) is 3.03. The molecule has 0 aliphatic carbocycles. The molecule has 19 heavy (non-hydrogen) atoms.